The monoisotopic (exact) mass is 517 g/mol. The summed E-state index contributed by atoms with van der Waals surface area (Å²) in [5, 5.41) is 5.38. The zero-order chi connectivity index (χ0) is 27.4. The van der Waals surface area contributed by atoms with Gasteiger partial charge in [0.2, 0.25) is 0 Å². The minimum Gasteiger partial charge on any atom is -0.450 e. The molecule has 0 atom stereocenters. The van der Waals surface area contributed by atoms with E-state index in [0.29, 0.717) is 22.3 Å². The second-order valence-electron chi connectivity index (χ2n) is 8.37. The summed E-state index contributed by atoms with van der Waals surface area (Å²) in [6.07, 6.45) is 6.77. The first-order valence-corrected chi connectivity index (χ1v) is 12.0. The molecule has 0 spiro atoms. The normalized spacial score (nSPS) is 10.5. The number of primary amides is 1. The molecular weight excluding hydrogens is 494 g/mol. The number of nitrogen functional groups attached to an aromatic ring is 1. The van der Waals surface area contributed by atoms with E-state index >= 15 is 0 Å². The average Bonchev–Trinajstić information content (AvgIpc) is 3.59. The Morgan fingerprint density at radius 2 is 1.87 bits per heavy atom. The second kappa shape index (κ2) is 10.7. The van der Waals surface area contributed by atoms with E-state index in [2.05, 4.69) is 33.0 Å². The number of hydrogen-bond acceptors (Lipinski definition) is 7. The Hall–Kier alpha value is -5.69. The summed E-state index contributed by atoms with van der Waals surface area (Å²) in [5.41, 5.74) is 14.1. The van der Waals surface area contributed by atoms with Gasteiger partial charge in [0.05, 0.1) is 5.39 Å². The summed E-state index contributed by atoms with van der Waals surface area (Å²) in [4.78, 5) is 32.2. The summed E-state index contributed by atoms with van der Waals surface area (Å²) in [6, 6.07) is 19.2. The highest BCUT2D eigenvalue weighted by molar-refractivity contribution is 6.03. The topological polar surface area (TPSA) is 147 Å². The van der Waals surface area contributed by atoms with Gasteiger partial charge in [-0.3, -0.25) is 14.2 Å². The lowest BCUT2D eigenvalue weighted by molar-refractivity contribution is 0.100. The molecular formula is C29H23N7O3. The first-order chi connectivity index (χ1) is 19.0. The molecule has 2 aromatic carbocycles. The number of aromatic nitrogens is 5. The zero-order valence-corrected chi connectivity index (χ0v) is 20.9. The van der Waals surface area contributed by atoms with Crippen molar-refractivity contribution in [3.8, 4) is 17.5 Å². The highest BCUT2D eigenvalue weighted by Crippen LogP contribution is 2.19. The molecule has 0 unspecified atom stereocenters. The van der Waals surface area contributed by atoms with Crippen molar-refractivity contribution < 1.29 is 9.21 Å². The molecule has 0 saturated carbocycles. The molecule has 0 aliphatic rings. The lowest BCUT2D eigenvalue weighted by Gasteiger charge is -2.14. The van der Waals surface area contributed by atoms with Crippen LogP contribution >= 0.6 is 0 Å². The Kier molecular flexibility index (Phi) is 6.88. The van der Waals surface area contributed by atoms with Crippen molar-refractivity contribution in [1.82, 2.24) is 24.1 Å². The number of carbonyl (C=O) groups excluding carboxylic acids is 1. The number of rotatable bonds is 3. The molecule has 0 aliphatic carbocycles. The number of nitrogens with two attached hydrogens (primary N) is 2. The molecule has 4 aromatic heterocycles. The molecule has 0 radical (unpaired) electrons. The van der Waals surface area contributed by atoms with Gasteiger partial charge in [0.15, 0.2) is 23.6 Å². The molecule has 10 nitrogen and oxygen atoms in total. The van der Waals surface area contributed by atoms with E-state index in [1.165, 1.54) is 17.2 Å². The summed E-state index contributed by atoms with van der Waals surface area (Å²) in [7, 11) is 0. The molecule has 4 N–H and O–H groups in total. The van der Waals surface area contributed by atoms with Gasteiger partial charge in [-0.25, -0.2) is 14.5 Å². The van der Waals surface area contributed by atoms with Crippen molar-refractivity contribution in [1.29, 1.82) is 0 Å². The maximum Gasteiger partial charge on any atom is 0.264 e. The van der Waals surface area contributed by atoms with Crippen LogP contribution in [0, 0.1) is 11.8 Å². The number of hydrogen-bond donors (Lipinski definition) is 2. The van der Waals surface area contributed by atoms with Gasteiger partial charge in [-0.1, -0.05) is 43.2 Å². The summed E-state index contributed by atoms with van der Waals surface area (Å²) in [5.74, 6) is 5.49. The van der Waals surface area contributed by atoms with Crippen LogP contribution in [0.1, 0.15) is 34.2 Å². The fourth-order valence-electron chi connectivity index (χ4n) is 4.19. The molecule has 39 heavy (non-hydrogen) atoms. The van der Waals surface area contributed by atoms with Crippen LogP contribution in [-0.2, 0) is 6.42 Å². The van der Waals surface area contributed by atoms with Gasteiger partial charge in [0, 0.05) is 29.3 Å². The second-order valence-corrected chi connectivity index (χ2v) is 8.37. The maximum absolute atomic E-state index is 13.4. The van der Waals surface area contributed by atoms with E-state index in [4.69, 9.17) is 15.9 Å². The number of fused-ring (bicyclic) bond motifs is 2. The van der Waals surface area contributed by atoms with E-state index in [1.54, 1.807) is 23.0 Å². The third kappa shape index (κ3) is 4.97. The van der Waals surface area contributed by atoms with Gasteiger partial charge in [0.25, 0.3) is 11.5 Å². The number of amides is 1. The molecule has 6 aromatic rings. The molecule has 1 amide bonds. The maximum atomic E-state index is 13.4. The molecule has 0 fully saturated rings. The van der Waals surface area contributed by atoms with Gasteiger partial charge in [-0.05, 0) is 48.1 Å². The third-order valence-electron chi connectivity index (χ3n) is 5.93. The van der Waals surface area contributed by atoms with Crippen molar-refractivity contribution in [2.45, 2.75) is 13.3 Å². The smallest absolute Gasteiger partial charge is 0.264 e. The lowest BCUT2D eigenvalue weighted by atomic mass is 10.0. The van der Waals surface area contributed by atoms with Crippen molar-refractivity contribution in [2.24, 2.45) is 5.73 Å². The third-order valence-corrected chi connectivity index (χ3v) is 5.93. The van der Waals surface area contributed by atoms with Crippen molar-refractivity contribution in [2.75, 3.05) is 5.73 Å². The van der Waals surface area contributed by atoms with Gasteiger partial charge in [-0.15, -0.1) is 5.10 Å². The largest absolute Gasteiger partial charge is 0.450 e. The Balaban J connectivity index is 0.000000198. The number of aryl methyl sites for hydroxylation is 1. The Labute approximate surface area is 222 Å². The fourth-order valence-corrected chi connectivity index (χ4v) is 4.19. The quantitative estimate of drug-likeness (QED) is 0.342. The molecule has 0 saturated heterocycles. The van der Waals surface area contributed by atoms with Crippen molar-refractivity contribution in [3.05, 3.63) is 119 Å². The predicted molar refractivity (Wildman–Crippen MR) is 147 cm³/mol. The number of benzene rings is 2. The van der Waals surface area contributed by atoms with E-state index in [9.17, 15) is 9.59 Å². The number of carbonyl (C=O) groups is 1. The molecule has 0 aliphatic heterocycles. The Morgan fingerprint density at radius 3 is 2.59 bits per heavy atom. The lowest BCUT2D eigenvalue weighted by Crippen LogP contribution is -2.22. The van der Waals surface area contributed by atoms with E-state index < -0.39 is 5.91 Å². The minimum absolute atomic E-state index is 0.0596. The van der Waals surface area contributed by atoms with Crippen LogP contribution in [-0.4, -0.2) is 30.1 Å². The van der Waals surface area contributed by atoms with E-state index in [0.717, 1.165) is 23.2 Å². The SMILES string of the molecule is CCc1cc2cccc(C#Cc3cocn3)c2c(=O)n1-c1ccccc1.NC(=O)c1c(N)nn2cccnc12. The van der Waals surface area contributed by atoms with Crippen molar-refractivity contribution in [3.63, 3.8) is 0 Å². The average molecular weight is 518 g/mol. The Morgan fingerprint density at radius 1 is 1.05 bits per heavy atom. The van der Waals surface area contributed by atoms with Gasteiger partial charge in [-0.2, -0.15) is 0 Å². The number of pyridine rings is 1. The minimum atomic E-state index is -0.619. The highest BCUT2D eigenvalue weighted by atomic mass is 16.3. The molecule has 0 bridgehead atoms. The molecule has 4 heterocycles. The van der Waals surface area contributed by atoms with Gasteiger partial charge in [0.1, 0.15) is 11.8 Å². The number of nitrogens with zero attached hydrogens (tertiary/aromatic N) is 5. The van der Waals surface area contributed by atoms with Crippen molar-refractivity contribution >= 4 is 28.1 Å². The van der Waals surface area contributed by atoms with Crippen LogP contribution in [0.4, 0.5) is 5.82 Å². The van der Waals surface area contributed by atoms with Gasteiger partial charge < -0.3 is 15.9 Å². The van der Waals surface area contributed by atoms with Crippen LogP contribution in [0.5, 0.6) is 0 Å². The van der Waals surface area contributed by atoms with E-state index in [-0.39, 0.29) is 16.9 Å². The summed E-state index contributed by atoms with van der Waals surface area (Å²) in [6.45, 7) is 2.05. The van der Waals surface area contributed by atoms with Gasteiger partial charge >= 0.3 is 0 Å². The van der Waals surface area contributed by atoms with Crippen LogP contribution in [0.25, 0.3) is 22.1 Å². The first kappa shape index (κ1) is 25.0. The number of para-hydroxylation sites is 1. The molecule has 192 valence electrons. The summed E-state index contributed by atoms with van der Waals surface area (Å²) < 4.78 is 8.12. The fraction of sp³-hybridized carbons (Fsp3) is 0.0690. The highest BCUT2D eigenvalue weighted by Gasteiger charge is 2.15. The summed E-state index contributed by atoms with van der Waals surface area (Å²) >= 11 is 0. The van der Waals surface area contributed by atoms with E-state index in [1.807, 2.05) is 55.5 Å². The Bertz CT molecular complexity index is 1910. The van der Waals surface area contributed by atoms with Crippen LogP contribution < -0.4 is 17.0 Å². The molecule has 6 rings (SSSR count). The van der Waals surface area contributed by atoms with Crippen LogP contribution in [0.2, 0.25) is 0 Å². The van der Waals surface area contributed by atoms with Crippen LogP contribution in [0.15, 0.2) is 94.9 Å². The van der Waals surface area contributed by atoms with Crippen LogP contribution in [0.3, 0.4) is 0 Å². The standard InChI is InChI=1S/C22H16N2O2.C7H7N5O/c1-2-19-13-17-8-6-7-16(11-12-18-14-26-15-23-18)21(17)22(25)24(19)20-9-4-3-5-10-20;8-5-4(6(9)13)7-10-2-1-3-12(7)11-5/h3-10,13-15H,2H2,1H3;1-3H,(H2,8,11)(H2,9,13). The number of anilines is 1. The predicted octanol–water partition coefficient (Wildman–Crippen LogP) is 3.35. The zero-order valence-electron chi connectivity index (χ0n) is 20.9. The number of oxazole rings is 1. The first-order valence-electron chi connectivity index (χ1n) is 12.0. The molecule has 10 heteroatoms.